The molecule has 2 atom stereocenters. The van der Waals surface area contributed by atoms with Gasteiger partial charge in [0.15, 0.2) is 0 Å². The molecule has 0 aliphatic carbocycles. The van der Waals surface area contributed by atoms with E-state index in [1.165, 1.54) is 0 Å². The Morgan fingerprint density at radius 3 is 2.57 bits per heavy atom. The van der Waals surface area contributed by atoms with Crippen LogP contribution in [0.2, 0.25) is 0 Å². The van der Waals surface area contributed by atoms with Crippen molar-refractivity contribution in [2.45, 2.75) is 32.3 Å². The molecule has 0 aromatic heterocycles. The number of ether oxygens (including phenoxy) is 1. The van der Waals surface area contributed by atoms with Crippen LogP contribution in [0.3, 0.4) is 0 Å². The molecule has 4 nitrogen and oxygen atoms in total. The fourth-order valence-electron chi connectivity index (χ4n) is 3.37. The molecule has 0 spiro atoms. The highest BCUT2D eigenvalue weighted by Crippen LogP contribution is 2.28. The van der Waals surface area contributed by atoms with Gasteiger partial charge in [0.2, 0.25) is 0 Å². The molecule has 4 heteroatoms. The summed E-state index contributed by atoms with van der Waals surface area (Å²) >= 11 is 0. The second-order valence-electron chi connectivity index (χ2n) is 6.99. The third-order valence-corrected chi connectivity index (χ3v) is 5.30. The Hall–Kier alpha value is -1.10. The zero-order valence-corrected chi connectivity index (χ0v) is 15.1. The number of hydrogen-bond donors (Lipinski definition) is 1. The van der Waals surface area contributed by atoms with Gasteiger partial charge in [0.25, 0.3) is 0 Å². The number of aliphatic hydroxyl groups is 1. The van der Waals surface area contributed by atoms with E-state index >= 15 is 0 Å². The molecule has 1 heterocycles. The van der Waals surface area contributed by atoms with Crippen molar-refractivity contribution in [3.8, 4) is 5.75 Å². The number of likely N-dealkylation sites (N-methyl/N-ethyl adjacent to an activating group) is 1. The summed E-state index contributed by atoms with van der Waals surface area (Å²) in [7, 11) is 3.85. The van der Waals surface area contributed by atoms with Gasteiger partial charge in [-0.1, -0.05) is 26.0 Å². The van der Waals surface area contributed by atoms with Crippen molar-refractivity contribution in [1.29, 1.82) is 0 Å². The molecule has 1 aliphatic rings. The van der Waals surface area contributed by atoms with E-state index in [9.17, 15) is 5.11 Å². The average Bonchev–Trinajstić information content (AvgIpc) is 2.57. The minimum Gasteiger partial charge on any atom is -0.497 e. The van der Waals surface area contributed by atoms with Crippen LogP contribution in [0.25, 0.3) is 0 Å². The fourth-order valence-corrected chi connectivity index (χ4v) is 3.37. The molecule has 2 unspecified atom stereocenters. The van der Waals surface area contributed by atoms with Gasteiger partial charge in [-0.05, 0) is 37.1 Å². The predicted octanol–water partition coefficient (Wildman–Crippen LogP) is 2.26. The van der Waals surface area contributed by atoms with E-state index in [0.29, 0.717) is 6.42 Å². The molecule has 0 radical (unpaired) electrons. The number of piperazine rings is 1. The highest BCUT2D eigenvalue weighted by molar-refractivity contribution is 5.29. The minimum absolute atomic E-state index is 0.238. The van der Waals surface area contributed by atoms with Crippen molar-refractivity contribution >= 4 is 0 Å². The Balaban J connectivity index is 2.00. The van der Waals surface area contributed by atoms with Crippen molar-refractivity contribution in [1.82, 2.24) is 9.80 Å². The van der Waals surface area contributed by atoms with Gasteiger partial charge >= 0.3 is 0 Å². The Bertz CT molecular complexity index is 486. The molecule has 23 heavy (non-hydrogen) atoms. The van der Waals surface area contributed by atoms with E-state index in [2.05, 4.69) is 36.8 Å². The smallest absolute Gasteiger partial charge is 0.119 e. The van der Waals surface area contributed by atoms with Crippen LogP contribution < -0.4 is 4.74 Å². The van der Waals surface area contributed by atoms with E-state index in [-0.39, 0.29) is 5.92 Å². The van der Waals surface area contributed by atoms with Crippen LogP contribution >= 0.6 is 0 Å². The molecule has 0 saturated carbocycles. The van der Waals surface area contributed by atoms with Crippen molar-refractivity contribution in [3.63, 3.8) is 0 Å². The topological polar surface area (TPSA) is 35.9 Å². The van der Waals surface area contributed by atoms with Gasteiger partial charge in [0.05, 0.1) is 12.7 Å². The summed E-state index contributed by atoms with van der Waals surface area (Å²) in [5.41, 5.74) is 0.467. The lowest BCUT2D eigenvalue weighted by molar-refractivity contribution is -0.0314. The van der Waals surface area contributed by atoms with Gasteiger partial charge in [-0.2, -0.15) is 0 Å². The molecule has 2 rings (SSSR count). The van der Waals surface area contributed by atoms with E-state index in [0.717, 1.165) is 50.5 Å². The number of rotatable bonds is 7. The Kier molecular flexibility index (Phi) is 6.45. The van der Waals surface area contributed by atoms with Crippen LogP contribution in [-0.4, -0.2) is 67.4 Å². The van der Waals surface area contributed by atoms with Crippen molar-refractivity contribution in [3.05, 3.63) is 29.8 Å². The van der Waals surface area contributed by atoms with Crippen molar-refractivity contribution < 1.29 is 9.84 Å². The maximum atomic E-state index is 11.2. The van der Waals surface area contributed by atoms with Crippen LogP contribution in [0.4, 0.5) is 0 Å². The van der Waals surface area contributed by atoms with Gasteiger partial charge in [-0.15, -0.1) is 0 Å². The number of methoxy groups -OCH3 is 1. The first-order valence-electron chi connectivity index (χ1n) is 8.73. The Morgan fingerprint density at radius 2 is 1.96 bits per heavy atom. The maximum absolute atomic E-state index is 11.2. The number of hydrogen-bond acceptors (Lipinski definition) is 4. The minimum atomic E-state index is -0.671. The molecular formula is C19H32N2O2. The van der Waals surface area contributed by atoms with Crippen molar-refractivity contribution in [2.24, 2.45) is 5.92 Å². The van der Waals surface area contributed by atoms with Crippen LogP contribution in [0, 0.1) is 5.92 Å². The summed E-state index contributed by atoms with van der Waals surface area (Å²) in [4.78, 5) is 4.85. The molecule has 1 saturated heterocycles. The lowest BCUT2D eigenvalue weighted by Crippen LogP contribution is -2.50. The zero-order valence-electron chi connectivity index (χ0n) is 15.1. The summed E-state index contributed by atoms with van der Waals surface area (Å²) in [6.45, 7) is 9.66. The summed E-state index contributed by atoms with van der Waals surface area (Å²) in [5.74, 6) is 1.09. The molecule has 0 amide bonds. The normalized spacial score (nSPS) is 20.9. The molecule has 0 bridgehead atoms. The summed E-state index contributed by atoms with van der Waals surface area (Å²) in [6, 6.07) is 8.05. The molecule has 1 fully saturated rings. The molecule has 130 valence electrons. The van der Waals surface area contributed by atoms with Gasteiger partial charge in [-0.3, -0.25) is 0 Å². The quantitative estimate of drug-likeness (QED) is 0.836. The highest BCUT2D eigenvalue weighted by Gasteiger charge is 2.33. The van der Waals surface area contributed by atoms with Gasteiger partial charge < -0.3 is 19.6 Å². The lowest BCUT2D eigenvalue weighted by atomic mass is 9.80. The summed E-state index contributed by atoms with van der Waals surface area (Å²) in [6.07, 6.45) is 1.44. The van der Waals surface area contributed by atoms with E-state index in [1.54, 1.807) is 7.11 Å². The third-order valence-electron chi connectivity index (χ3n) is 5.30. The monoisotopic (exact) mass is 320 g/mol. The van der Waals surface area contributed by atoms with E-state index < -0.39 is 5.60 Å². The summed E-state index contributed by atoms with van der Waals surface area (Å²) in [5, 5.41) is 11.2. The first kappa shape index (κ1) is 18.2. The molecule has 1 aromatic rings. The van der Waals surface area contributed by atoms with Crippen LogP contribution in [0.5, 0.6) is 5.75 Å². The van der Waals surface area contributed by atoms with Crippen molar-refractivity contribution in [2.75, 3.05) is 46.9 Å². The first-order chi connectivity index (χ1) is 11.0. The van der Waals surface area contributed by atoms with Crippen LogP contribution in [-0.2, 0) is 6.42 Å². The standard InChI is InChI=1S/C19H32N2O2/c1-5-19(22,14-17-7-6-8-18(13-17)23-4)16(2)15-21-11-9-20(3)10-12-21/h6-8,13,16,22H,5,9-12,14-15H2,1-4H3. The zero-order chi connectivity index (χ0) is 16.9. The largest absolute Gasteiger partial charge is 0.497 e. The second-order valence-corrected chi connectivity index (χ2v) is 6.99. The Labute approximate surface area is 141 Å². The van der Waals surface area contributed by atoms with Gasteiger partial charge in [-0.25, -0.2) is 0 Å². The first-order valence-corrected chi connectivity index (χ1v) is 8.73. The third kappa shape index (κ3) is 4.93. The molecule has 1 aliphatic heterocycles. The van der Waals surface area contributed by atoms with Gasteiger partial charge in [0.1, 0.15) is 5.75 Å². The number of benzene rings is 1. The van der Waals surface area contributed by atoms with Crippen LogP contribution in [0.15, 0.2) is 24.3 Å². The molecular weight excluding hydrogens is 288 g/mol. The highest BCUT2D eigenvalue weighted by atomic mass is 16.5. The van der Waals surface area contributed by atoms with Crippen LogP contribution in [0.1, 0.15) is 25.8 Å². The van der Waals surface area contributed by atoms with Gasteiger partial charge in [0, 0.05) is 39.1 Å². The average molecular weight is 320 g/mol. The Morgan fingerprint density at radius 1 is 1.26 bits per heavy atom. The summed E-state index contributed by atoms with van der Waals surface area (Å²) < 4.78 is 5.30. The molecule has 1 aromatic carbocycles. The molecule has 1 N–H and O–H groups in total. The fraction of sp³-hybridized carbons (Fsp3) is 0.684. The predicted molar refractivity (Wildman–Crippen MR) is 95.0 cm³/mol. The maximum Gasteiger partial charge on any atom is 0.119 e. The lowest BCUT2D eigenvalue weighted by Gasteiger charge is -2.39. The SMILES string of the molecule is CCC(O)(Cc1cccc(OC)c1)C(C)CN1CCN(C)CC1. The van der Waals surface area contributed by atoms with E-state index in [4.69, 9.17) is 4.74 Å². The second kappa shape index (κ2) is 8.13. The van der Waals surface area contributed by atoms with E-state index in [1.807, 2.05) is 18.2 Å². The number of nitrogens with zero attached hydrogens (tertiary/aromatic N) is 2.